The zero-order valence-corrected chi connectivity index (χ0v) is 9.17. The maximum Gasteiger partial charge on any atom is 0.0624 e. The van der Waals surface area contributed by atoms with E-state index in [1.54, 1.807) is 0 Å². The van der Waals surface area contributed by atoms with Crippen molar-refractivity contribution in [1.29, 1.82) is 0 Å². The van der Waals surface area contributed by atoms with Crippen molar-refractivity contribution in [3.05, 3.63) is 15.5 Å². The van der Waals surface area contributed by atoms with Gasteiger partial charge in [-0.25, -0.2) is 0 Å². The smallest absolute Gasteiger partial charge is 0.0624 e. The van der Waals surface area contributed by atoms with Crippen molar-refractivity contribution < 1.29 is 0 Å². The average Bonchev–Trinajstić information content (AvgIpc) is 2.53. The molecular weight excluding hydrogens is 263 g/mol. The molecule has 1 heterocycles. The Balaban J connectivity index is 2.13. The Morgan fingerprint density at radius 3 is 2.67 bits per heavy atom. The normalized spacial score (nSPS) is 19.8. The van der Waals surface area contributed by atoms with Gasteiger partial charge in [-0.2, -0.15) is 5.10 Å². The van der Waals surface area contributed by atoms with Crippen LogP contribution in [0.3, 0.4) is 0 Å². The molecule has 0 spiro atoms. The number of H-pyrrole nitrogens is 1. The van der Waals surface area contributed by atoms with E-state index in [1.165, 1.54) is 41.4 Å². The van der Waals surface area contributed by atoms with Gasteiger partial charge in [0.15, 0.2) is 0 Å². The Morgan fingerprint density at radius 1 is 1.33 bits per heavy atom. The van der Waals surface area contributed by atoms with Gasteiger partial charge in [-0.3, -0.25) is 5.10 Å². The molecule has 1 N–H and O–H groups in total. The van der Waals surface area contributed by atoms with Gasteiger partial charge in [0.1, 0.15) is 0 Å². The van der Waals surface area contributed by atoms with E-state index in [1.807, 2.05) is 6.20 Å². The lowest BCUT2D eigenvalue weighted by Crippen LogP contribution is -2.06. The first kappa shape index (κ1) is 8.53. The topological polar surface area (TPSA) is 28.7 Å². The molecule has 0 saturated heterocycles. The van der Waals surface area contributed by atoms with Gasteiger partial charge in [0, 0.05) is 5.92 Å². The largest absolute Gasteiger partial charge is 0.281 e. The van der Waals surface area contributed by atoms with Crippen LogP contribution in [0.25, 0.3) is 0 Å². The summed E-state index contributed by atoms with van der Waals surface area (Å²) in [6.07, 6.45) is 8.81. The lowest BCUT2D eigenvalue weighted by Gasteiger charge is -2.20. The second-order valence-electron chi connectivity index (χ2n) is 3.47. The second-order valence-corrected chi connectivity index (χ2v) is 4.63. The first-order chi connectivity index (χ1) is 5.88. The Bertz CT molecular complexity index is 251. The van der Waals surface area contributed by atoms with Crippen LogP contribution in [0.1, 0.15) is 43.7 Å². The van der Waals surface area contributed by atoms with Gasteiger partial charge in [0.05, 0.1) is 15.5 Å². The highest BCUT2D eigenvalue weighted by atomic mass is 127. The van der Waals surface area contributed by atoms with Gasteiger partial charge in [0.2, 0.25) is 0 Å². The number of hydrogen-bond donors (Lipinski definition) is 1. The first-order valence-corrected chi connectivity index (χ1v) is 5.64. The molecule has 0 atom stereocenters. The number of aromatic amines is 1. The molecule has 0 aromatic carbocycles. The molecule has 1 aromatic heterocycles. The summed E-state index contributed by atoms with van der Waals surface area (Å²) in [6.45, 7) is 0. The SMILES string of the molecule is Ic1cn[nH]c1C1CCCCC1. The fourth-order valence-electron chi connectivity index (χ4n) is 1.96. The molecule has 1 aliphatic carbocycles. The van der Waals surface area contributed by atoms with Crippen LogP contribution in [0.5, 0.6) is 0 Å². The van der Waals surface area contributed by atoms with Crippen molar-refractivity contribution in [2.24, 2.45) is 0 Å². The van der Waals surface area contributed by atoms with Crippen LogP contribution in [0.2, 0.25) is 0 Å². The van der Waals surface area contributed by atoms with Gasteiger partial charge in [0.25, 0.3) is 0 Å². The van der Waals surface area contributed by atoms with Crippen molar-refractivity contribution in [2.75, 3.05) is 0 Å². The maximum absolute atomic E-state index is 4.06. The van der Waals surface area contributed by atoms with Crippen LogP contribution in [0.4, 0.5) is 0 Å². The van der Waals surface area contributed by atoms with Crippen LogP contribution in [0.15, 0.2) is 6.20 Å². The maximum atomic E-state index is 4.06. The Hall–Kier alpha value is -0.0600. The molecule has 1 aliphatic rings. The van der Waals surface area contributed by atoms with Crippen LogP contribution in [-0.4, -0.2) is 10.2 Å². The van der Waals surface area contributed by atoms with Crippen LogP contribution >= 0.6 is 22.6 Å². The van der Waals surface area contributed by atoms with Crippen LogP contribution in [0, 0.1) is 3.57 Å². The molecule has 3 heteroatoms. The Labute approximate surface area is 86.3 Å². The zero-order valence-electron chi connectivity index (χ0n) is 7.02. The van der Waals surface area contributed by atoms with E-state index in [-0.39, 0.29) is 0 Å². The third-order valence-electron chi connectivity index (χ3n) is 2.63. The van der Waals surface area contributed by atoms with E-state index < -0.39 is 0 Å². The first-order valence-electron chi connectivity index (χ1n) is 4.56. The van der Waals surface area contributed by atoms with E-state index in [0.717, 1.165) is 5.92 Å². The molecule has 0 bridgehead atoms. The van der Waals surface area contributed by atoms with Crippen molar-refractivity contribution in [1.82, 2.24) is 10.2 Å². The summed E-state index contributed by atoms with van der Waals surface area (Å²) >= 11 is 2.36. The minimum atomic E-state index is 0.758. The quantitative estimate of drug-likeness (QED) is 0.785. The molecule has 66 valence electrons. The molecule has 1 fully saturated rings. The molecule has 2 rings (SSSR count). The van der Waals surface area contributed by atoms with Gasteiger partial charge in [-0.05, 0) is 35.4 Å². The van der Waals surface area contributed by atoms with E-state index in [2.05, 4.69) is 32.8 Å². The number of nitrogens with one attached hydrogen (secondary N) is 1. The van der Waals surface area contributed by atoms with E-state index in [9.17, 15) is 0 Å². The standard InChI is InChI=1S/C9H13IN2/c10-8-6-11-12-9(8)7-4-2-1-3-5-7/h6-7H,1-5H2,(H,11,12). The predicted octanol–water partition coefficient (Wildman–Crippen LogP) is 3.06. The number of rotatable bonds is 1. The Morgan fingerprint density at radius 2 is 2.08 bits per heavy atom. The van der Waals surface area contributed by atoms with Gasteiger partial charge in [-0.1, -0.05) is 19.3 Å². The van der Waals surface area contributed by atoms with Gasteiger partial charge < -0.3 is 0 Å². The summed E-state index contributed by atoms with van der Waals surface area (Å²) < 4.78 is 1.31. The summed E-state index contributed by atoms with van der Waals surface area (Å²) in [5.74, 6) is 0.758. The van der Waals surface area contributed by atoms with Crippen molar-refractivity contribution in [3.63, 3.8) is 0 Å². The molecule has 0 aliphatic heterocycles. The fourth-order valence-corrected chi connectivity index (χ4v) is 2.66. The minimum Gasteiger partial charge on any atom is -0.281 e. The summed E-state index contributed by atoms with van der Waals surface area (Å²) in [5, 5.41) is 7.18. The number of hydrogen-bond acceptors (Lipinski definition) is 1. The van der Waals surface area contributed by atoms with E-state index >= 15 is 0 Å². The zero-order chi connectivity index (χ0) is 8.39. The highest BCUT2D eigenvalue weighted by molar-refractivity contribution is 14.1. The minimum absolute atomic E-state index is 0.758. The van der Waals surface area contributed by atoms with Crippen LogP contribution < -0.4 is 0 Å². The fraction of sp³-hybridized carbons (Fsp3) is 0.667. The number of halogens is 1. The Kier molecular flexibility index (Phi) is 2.68. The van der Waals surface area contributed by atoms with Gasteiger partial charge in [-0.15, -0.1) is 0 Å². The van der Waals surface area contributed by atoms with Crippen molar-refractivity contribution >= 4 is 22.6 Å². The molecule has 0 amide bonds. The van der Waals surface area contributed by atoms with E-state index in [0.29, 0.717) is 0 Å². The molecular formula is C9H13IN2. The van der Waals surface area contributed by atoms with Crippen molar-refractivity contribution in [2.45, 2.75) is 38.0 Å². The lowest BCUT2D eigenvalue weighted by molar-refractivity contribution is 0.435. The van der Waals surface area contributed by atoms with E-state index in [4.69, 9.17) is 0 Å². The molecule has 0 radical (unpaired) electrons. The second kappa shape index (κ2) is 3.77. The molecule has 12 heavy (non-hydrogen) atoms. The highest BCUT2D eigenvalue weighted by Gasteiger charge is 2.18. The summed E-state index contributed by atoms with van der Waals surface area (Å²) in [6, 6.07) is 0. The number of nitrogens with zero attached hydrogens (tertiary/aromatic N) is 1. The summed E-state index contributed by atoms with van der Waals surface area (Å²) in [5.41, 5.74) is 1.37. The monoisotopic (exact) mass is 276 g/mol. The highest BCUT2D eigenvalue weighted by Crippen LogP contribution is 2.33. The average molecular weight is 276 g/mol. The lowest BCUT2D eigenvalue weighted by atomic mass is 9.87. The van der Waals surface area contributed by atoms with Crippen LogP contribution in [-0.2, 0) is 0 Å². The molecule has 1 saturated carbocycles. The summed E-state index contributed by atoms with van der Waals surface area (Å²) in [4.78, 5) is 0. The third kappa shape index (κ3) is 1.65. The predicted molar refractivity (Wildman–Crippen MR) is 57.1 cm³/mol. The summed E-state index contributed by atoms with van der Waals surface area (Å²) in [7, 11) is 0. The molecule has 2 nitrogen and oxygen atoms in total. The van der Waals surface area contributed by atoms with Crippen molar-refractivity contribution in [3.8, 4) is 0 Å². The van der Waals surface area contributed by atoms with Gasteiger partial charge >= 0.3 is 0 Å². The molecule has 1 aromatic rings. The molecule has 0 unspecified atom stereocenters. The number of aromatic nitrogens is 2. The third-order valence-corrected chi connectivity index (χ3v) is 3.49.